The SMILES string of the molecule is CCCCNC(=O)[C@H](C)N(Cc1cccc(Cl)c1)C(=O)CN(c1cccc(C(F)(F)F)c1)S(C)(=O)=O. The Kier molecular flexibility index (Phi) is 10.2. The van der Waals surface area contributed by atoms with Crippen molar-refractivity contribution in [2.75, 3.05) is 23.7 Å². The second-order valence-electron chi connectivity index (χ2n) is 8.29. The van der Waals surface area contributed by atoms with E-state index >= 15 is 0 Å². The Labute approximate surface area is 214 Å². The van der Waals surface area contributed by atoms with Crippen LogP contribution in [-0.4, -0.2) is 50.5 Å². The highest BCUT2D eigenvalue weighted by Gasteiger charge is 2.33. The molecule has 0 spiro atoms. The van der Waals surface area contributed by atoms with Crippen molar-refractivity contribution in [3.8, 4) is 0 Å². The summed E-state index contributed by atoms with van der Waals surface area (Å²) in [6, 6.07) is 9.31. The molecular formula is C24H29ClF3N3O4S. The topological polar surface area (TPSA) is 86.8 Å². The Morgan fingerprint density at radius 1 is 1.11 bits per heavy atom. The first-order chi connectivity index (χ1) is 16.7. The van der Waals surface area contributed by atoms with Crippen LogP contribution in [0.15, 0.2) is 48.5 Å². The number of amides is 2. The minimum absolute atomic E-state index is 0.0675. The Morgan fingerprint density at radius 3 is 2.36 bits per heavy atom. The monoisotopic (exact) mass is 547 g/mol. The third-order valence-corrected chi connectivity index (χ3v) is 6.76. The zero-order chi connectivity index (χ0) is 27.1. The van der Waals surface area contributed by atoms with Crippen molar-refractivity contribution in [1.29, 1.82) is 0 Å². The fraction of sp³-hybridized carbons (Fsp3) is 0.417. The van der Waals surface area contributed by atoms with Gasteiger partial charge < -0.3 is 10.2 Å². The number of alkyl halides is 3. The van der Waals surface area contributed by atoms with E-state index < -0.39 is 46.2 Å². The summed E-state index contributed by atoms with van der Waals surface area (Å²) in [5.74, 6) is -1.21. The predicted octanol–water partition coefficient (Wildman–Crippen LogP) is 4.46. The third-order valence-electron chi connectivity index (χ3n) is 5.38. The van der Waals surface area contributed by atoms with E-state index in [4.69, 9.17) is 11.6 Å². The van der Waals surface area contributed by atoms with E-state index in [2.05, 4.69) is 5.32 Å². The van der Waals surface area contributed by atoms with Gasteiger partial charge in [-0.2, -0.15) is 13.2 Å². The molecule has 2 rings (SSSR count). The number of rotatable bonds is 11. The lowest BCUT2D eigenvalue weighted by Crippen LogP contribution is -2.51. The molecule has 2 amide bonds. The summed E-state index contributed by atoms with van der Waals surface area (Å²) in [7, 11) is -4.16. The number of halogens is 4. The number of hydrogen-bond acceptors (Lipinski definition) is 4. The van der Waals surface area contributed by atoms with E-state index in [9.17, 15) is 31.2 Å². The summed E-state index contributed by atoms with van der Waals surface area (Å²) in [4.78, 5) is 27.3. The van der Waals surface area contributed by atoms with Crippen LogP contribution in [-0.2, 0) is 32.3 Å². The first-order valence-corrected chi connectivity index (χ1v) is 13.4. The predicted molar refractivity (Wildman–Crippen MR) is 133 cm³/mol. The van der Waals surface area contributed by atoms with Crippen molar-refractivity contribution >= 4 is 39.1 Å². The molecule has 0 heterocycles. The molecule has 1 N–H and O–H groups in total. The van der Waals surface area contributed by atoms with E-state index in [1.807, 2.05) is 6.92 Å². The van der Waals surface area contributed by atoms with Crippen LogP contribution in [0, 0.1) is 0 Å². The van der Waals surface area contributed by atoms with E-state index in [1.54, 1.807) is 24.3 Å². The van der Waals surface area contributed by atoms with Crippen molar-refractivity contribution in [2.24, 2.45) is 0 Å². The van der Waals surface area contributed by atoms with Crippen LogP contribution < -0.4 is 9.62 Å². The first-order valence-electron chi connectivity index (χ1n) is 11.2. The number of carbonyl (C=O) groups excluding carboxylic acids is 2. The van der Waals surface area contributed by atoms with Crippen molar-refractivity contribution in [3.05, 3.63) is 64.7 Å². The number of unbranched alkanes of at least 4 members (excludes halogenated alkanes) is 1. The van der Waals surface area contributed by atoms with Crippen LogP contribution >= 0.6 is 11.6 Å². The third kappa shape index (κ3) is 8.41. The van der Waals surface area contributed by atoms with Gasteiger partial charge in [0.15, 0.2) is 0 Å². The lowest BCUT2D eigenvalue weighted by Gasteiger charge is -2.31. The molecule has 0 aliphatic carbocycles. The minimum atomic E-state index is -4.70. The maximum atomic E-state index is 13.4. The maximum Gasteiger partial charge on any atom is 0.416 e. The van der Waals surface area contributed by atoms with Gasteiger partial charge in [-0.25, -0.2) is 8.42 Å². The average Bonchev–Trinajstić information content (AvgIpc) is 2.79. The van der Waals surface area contributed by atoms with Gasteiger partial charge in [0, 0.05) is 18.1 Å². The molecule has 0 unspecified atom stereocenters. The highest BCUT2D eigenvalue weighted by Crippen LogP contribution is 2.32. The number of nitrogens with one attached hydrogen (secondary N) is 1. The molecule has 0 saturated carbocycles. The largest absolute Gasteiger partial charge is 0.416 e. The summed E-state index contributed by atoms with van der Waals surface area (Å²) in [6.45, 7) is 2.99. The second-order valence-corrected chi connectivity index (χ2v) is 10.6. The Morgan fingerprint density at radius 2 is 1.78 bits per heavy atom. The van der Waals surface area contributed by atoms with Crippen molar-refractivity contribution in [1.82, 2.24) is 10.2 Å². The van der Waals surface area contributed by atoms with Crippen molar-refractivity contribution in [3.63, 3.8) is 0 Å². The Balaban J connectivity index is 2.41. The van der Waals surface area contributed by atoms with Gasteiger partial charge in [-0.05, 0) is 49.2 Å². The highest BCUT2D eigenvalue weighted by atomic mass is 35.5. The summed E-state index contributed by atoms with van der Waals surface area (Å²) < 4.78 is 65.3. The molecule has 2 aromatic rings. The van der Waals surface area contributed by atoms with E-state index in [-0.39, 0.29) is 12.2 Å². The molecule has 2 aromatic carbocycles. The standard InChI is InChI=1S/C24H29ClF3N3O4S/c1-4-5-12-29-23(33)17(2)30(15-18-8-6-10-20(25)13-18)22(32)16-31(36(3,34)35)21-11-7-9-19(14-21)24(26,27)28/h6-11,13-14,17H,4-5,12,15-16H2,1-3H3,(H,29,33)/t17-/m0/s1. The zero-order valence-corrected chi connectivity index (χ0v) is 21.8. The summed E-state index contributed by atoms with van der Waals surface area (Å²) >= 11 is 6.05. The van der Waals surface area contributed by atoms with Gasteiger partial charge in [0.05, 0.1) is 17.5 Å². The zero-order valence-electron chi connectivity index (χ0n) is 20.2. The van der Waals surface area contributed by atoms with E-state index in [0.29, 0.717) is 27.5 Å². The first kappa shape index (κ1) is 29.4. The van der Waals surface area contributed by atoms with Gasteiger partial charge in [-0.3, -0.25) is 13.9 Å². The van der Waals surface area contributed by atoms with Gasteiger partial charge in [-0.1, -0.05) is 43.1 Å². The van der Waals surface area contributed by atoms with Crippen LogP contribution in [0.1, 0.15) is 37.8 Å². The fourth-order valence-corrected chi connectivity index (χ4v) is 4.46. The van der Waals surface area contributed by atoms with Gasteiger partial charge in [0.25, 0.3) is 0 Å². The quantitative estimate of drug-likeness (QED) is 0.421. The molecule has 0 bridgehead atoms. The number of benzene rings is 2. The van der Waals surface area contributed by atoms with E-state index in [0.717, 1.165) is 31.2 Å². The minimum Gasteiger partial charge on any atom is -0.354 e. The van der Waals surface area contributed by atoms with Crippen molar-refractivity contribution < 1.29 is 31.2 Å². The van der Waals surface area contributed by atoms with Gasteiger partial charge in [0.1, 0.15) is 12.6 Å². The summed E-state index contributed by atoms with van der Waals surface area (Å²) in [5, 5.41) is 3.14. The lowest BCUT2D eigenvalue weighted by molar-refractivity contribution is -0.139. The van der Waals surface area contributed by atoms with Gasteiger partial charge >= 0.3 is 6.18 Å². The number of hydrogen-bond donors (Lipinski definition) is 1. The molecule has 0 aromatic heterocycles. The summed E-state index contributed by atoms with van der Waals surface area (Å²) in [5.41, 5.74) is -0.780. The molecule has 0 saturated heterocycles. The van der Waals surface area contributed by atoms with Gasteiger partial charge in [0.2, 0.25) is 21.8 Å². The molecule has 7 nitrogen and oxygen atoms in total. The van der Waals surface area contributed by atoms with Crippen LogP contribution in [0.25, 0.3) is 0 Å². The summed E-state index contributed by atoms with van der Waals surface area (Å²) in [6.07, 6.45) is -2.33. The molecule has 198 valence electrons. The van der Waals surface area contributed by atoms with Crippen molar-refractivity contribution in [2.45, 2.75) is 45.5 Å². The van der Waals surface area contributed by atoms with E-state index in [1.165, 1.54) is 17.9 Å². The van der Waals surface area contributed by atoms with Crippen LogP contribution in [0.4, 0.5) is 18.9 Å². The van der Waals surface area contributed by atoms with Crippen LogP contribution in [0.3, 0.4) is 0 Å². The second kappa shape index (κ2) is 12.4. The number of nitrogens with zero attached hydrogens (tertiary/aromatic N) is 2. The van der Waals surface area contributed by atoms with Crippen LogP contribution in [0.2, 0.25) is 5.02 Å². The molecule has 12 heteroatoms. The molecule has 0 radical (unpaired) electrons. The van der Waals surface area contributed by atoms with Crippen LogP contribution in [0.5, 0.6) is 0 Å². The van der Waals surface area contributed by atoms with Gasteiger partial charge in [-0.15, -0.1) is 0 Å². The molecule has 36 heavy (non-hydrogen) atoms. The smallest absolute Gasteiger partial charge is 0.354 e. The highest BCUT2D eigenvalue weighted by molar-refractivity contribution is 7.92. The molecule has 0 aliphatic heterocycles. The normalized spacial score (nSPS) is 12.6. The maximum absolute atomic E-state index is 13.4. The Hall–Kier alpha value is -2.79. The molecular weight excluding hydrogens is 519 g/mol. The average molecular weight is 548 g/mol. The fourth-order valence-electron chi connectivity index (χ4n) is 3.40. The molecule has 0 aliphatic rings. The lowest BCUT2D eigenvalue weighted by atomic mass is 10.1. The molecule has 0 fully saturated rings. The number of carbonyl (C=O) groups is 2. The Bertz CT molecular complexity index is 1180. The molecule has 1 atom stereocenters. The number of sulfonamides is 1. The number of anilines is 1.